The summed E-state index contributed by atoms with van der Waals surface area (Å²) in [4.78, 5) is 24.0. The van der Waals surface area contributed by atoms with Crippen molar-refractivity contribution in [2.75, 3.05) is 5.32 Å². The molecule has 9 nitrogen and oxygen atoms in total. The van der Waals surface area contributed by atoms with Crippen LogP contribution in [0.3, 0.4) is 0 Å². The normalized spacial score (nSPS) is 12.5. The van der Waals surface area contributed by atoms with Gasteiger partial charge in [-0.05, 0) is 38.5 Å². The minimum Gasteiger partial charge on any atom is -0.449 e. The number of esters is 1. The SMILES string of the molecule is Cc1cc(NC(=O)C(C)OC(=O)c2cc(S(N)(=O)=O)ccc2C)on1. The molecule has 134 valence electrons. The summed E-state index contributed by atoms with van der Waals surface area (Å²) in [5.74, 6) is -1.35. The number of anilines is 1. The lowest BCUT2D eigenvalue weighted by Gasteiger charge is -2.13. The van der Waals surface area contributed by atoms with Crippen molar-refractivity contribution in [3.63, 3.8) is 0 Å². The number of carbonyl (C=O) groups excluding carboxylic acids is 2. The Balaban J connectivity index is 2.12. The van der Waals surface area contributed by atoms with E-state index in [1.54, 1.807) is 13.8 Å². The first-order valence-electron chi connectivity index (χ1n) is 7.16. The minimum atomic E-state index is -3.97. The summed E-state index contributed by atoms with van der Waals surface area (Å²) >= 11 is 0. The number of carbonyl (C=O) groups is 2. The van der Waals surface area contributed by atoms with Crippen LogP contribution in [0.1, 0.15) is 28.5 Å². The summed E-state index contributed by atoms with van der Waals surface area (Å²) in [5.41, 5.74) is 1.06. The van der Waals surface area contributed by atoms with Crippen molar-refractivity contribution in [3.05, 3.63) is 41.1 Å². The summed E-state index contributed by atoms with van der Waals surface area (Å²) in [6.07, 6.45) is -1.14. The van der Waals surface area contributed by atoms with Crippen LogP contribution in [0.5, 0.6) is 0 Å². The van der Waals surface area contributed by atoms with E-state index in [9.17, 15) is 18.0 Å². The number of amides is 1. The molecular weight excluding hydrogens is 350 g/mol. The molecule has 0 aliphatic rings. The second kappa shape index (κ2) is 7.03. The van der Waals surface area contributed by atoms with Gasteiger partial charge in [-0.15, -0.1) is 0 Å². The summed E-state index contributed by atoms with van der Waals surface area (Å²) in [6.45, 7) is 4.66. The number of sulfonamides is 1. The summed E-state index contributed by atoms with van der Waals surface area (Å²) in [5, 5.41) is 11.1. The standard InChI is InChI=1S/C15H17N3O6S/c1-8-4-5-11(25(16,21)22)7-12(8)15(20)23-10(3)14(19)17-13-6-9(2)18-24-13/h4-7,10H,1-3H3,(H,17,19)(H2,16,21,22). The highest BCUT2D eigenvalue weighted by Crippen LogP contribution is 2.17. The Morgan fingerprint density at radius 2 is 1.96 bits per heavy atom. The molecule has 0 saturated carbocycles. The molecule has 2 rings (SSSR count). The number of hydrogen-bond acceptors (Lipinski definition) is 7. The fraction of sp³-hybridized carbons (Fsp3) is 0.267. The van der Waals surface area contributed by atoms with Crippen LogP contribution in [0.15, 0.2) is 33.7 Å². The van der Waals surface area contributed by atoms with Gasteiger partial charge in [0.1, 0.15) is 0 Å². The second-order valence-corrected chi connectivity index (χ2v) is 6.95. The average molecular weight is 367 g/mol. The molecule has 0 fully saturated rings. The second-order valence-electron chi connectivity index (χ2n) is 5.39. The van der Waals surface area contributed by atoms with Gasteiger partial charge in [0.25, 0.3) is 5.91 Å². The third kappa shape index (κ3) is 4.64. The Hall–Kier alpha value is -2.72. The third-order valence-corrected chi connectivity index (χ3v) is 4.20. The van der Waals surface area contributed by atoms with Crippen molar-refractivity contribution >= 4 is 27.8 Å². The smallest absolute Gasteiger partial charge is 0.339 e. The highest BCUT2D eigenvalue weighted by Gasteiger charge is 2.22. The van der Waals surface area contributed by atoms with E-state index in [2.05, 4.69) is 10.5 Å². The van der Waals surface area contributed by atoms with E-state index in [-0.39, 0.29) is 16.3 Å². The minimum absolute atomic E-state index is 0.00156. The number of rotatable bonds is 5. The molecule has 2 aromatic rings. The first-order valence-corrected chi connectivity index (χ1v) is 8.71. The molecule has 0 radical (unpaired) electrons. The predicted octanol–water partition coefficient (Wildman–Crippen LogP) is 1.12. The molecule has 0 spiro atoms. The number of primary sulfonamides is 1. The molecule has 0 bridgehead atoms. The van der Waals surface area contributed by atoms with Gasteiger partial charge >= 0.3 is 5.97 Å². The van der Waals surface area contributed by atoms with Gasteiger partial charge in [-0.3, -0.25) is 10.1 Å². The van der Waals surface area contributed by atoms with E-state index in [0.717, 1.165) is 6.07 Å². The van der Waals surface area contributed by atoms with Gasteiger partial charge in [0, 0.05) is 6.07 Å². The molecule has 0 saturated heterocycles. The van der Waals surface area contributed by atoms with Crippen LogP contribution in [0.2, 0.25) is 0 Å². The Morgan fingerprint density at radius 3 is 2.52 bits per heavy atom. The Morgan fingerprint density at radius 1 is 1.28 bits per heavy atom. The quantitative estimate of drug-likeness (QED) is 0.754. The highest BCUT2D eigenvalue weighted by molar-refractivity contribution is 7.89. The highest BCUT2D eigenvalue weighted by atomic mass is 32.2. The van der Waals surface area contributed by atoms with Crippen LogP contribution in [-0.4, -0.2) is 31.6 Å². The van der Waals surface area contributed by atoms with Crippen LogP contribution in [-0.2, 0) is 19.6 Å². The molecule has 1 amide bonds. The topological polar surface area (TPSA) is 142 Å². The van der Waals surface area contributed by atoms with Crippen LogP contribution < -0.4 is 10.5 Å². The number of ether oxygens (including phenoxy) is 1. The largest absolute Gasteiger partial charge is 0.449 e. The molecule has 1 unspecified atom stereocenters. The monoisotopic (exact) mass is 367 g/mol. The molecule has 1 aromatic carbocycles. The van der Waals surface area contributed by atoms with Gasteiger partial charge in [0.2, 0.25) is 15.9 Å². The first kappa shape index (κ1) is 18.6. The van der Waals surface area contributed by atoms with Gasteiger partial charge in [0.05, 0.1) is 16.2 Å². The van der Waals surface area contributed by atoms with E-state index in [0.29, 0.717) is 11.3 Å². The molecule has 0 aliphatic heterocycles. The lowest BCUT2D eigenvalue weighted by molar-refractivity contribution is -0.123. The number of nitrogens with two attached hydrogens (primary N) is 1. The molecule has 1 heterocycles. The fourth-order valence-corrected chi connectivity index (χ4v) is 2.46. The zero-order valence-electron chi connectivity index (χ0n) is 13.8. The maximum absolute atomic E-state index is 12.2. The zero-order chi connectivity index (χ0) is 18.8. The van der Waals surface area contributed by atoms with Gasteiger partial charge < -0.3 is 9.26 Å². The van der Waals surface area contributed by atoms with Gasteiger partial charge in [-0.2, -0.15) is 0 Å². The van der Waals surface area contributed by atoms with Crippen molar-refractivity contribution < 1.29 is 27.3 Å². The molecule has 1 aromatic heterocycles. The lowest BCUT2D eigenvalue weighted by Crippen LogP contribution is -2.30. The molecule has 25 heavy (non-hydrogen) atoms. The fourth-order valence-electron chi connectivity index (χ4n) is 1.92. The molecular formula is C15H17N3O6S. The summed E-state index contributed by atoms with van der Waals surface area (Å²) in [6, 6.07) is 5.33. The molecule has 3 N–H and O–H groups in total. The van der Waals surface area contributed by atoms with Crippen molar-refractivity contribution in [2.45, 2.75) is 31.8 Å². The van der Waals surface area contributed by atoms with Crippen molar-refractivity contribution in [1.29, 1.82) is 0 Å². The number of aromatic nitrogens is 1. The number of aryl methyl sites for hydroxylation is 2. The van der Waals surface area contributed by atoms with E-state index >= 15 is 0 Å². The Kier molecular flexibility index (Phi) is 5.24. The Bertz CT molecular complexity index is 919. The first-order chi connectivity index (χ1) is 11.6. The number of benzene rings is 1. The number of nitrogens with one attached hydrogen (secondary N) is 1. The van der Waals surface area contributed by atoms with E-state index in [1.807, 2.05) is 0 Å². The molecule has 1 atom stereocenters. The number of nitrogens with zero attached hydrogens (tertiary/aromatic N) is 1. The number of hydrogen-bond donors (Lipinski definition) is 2. The zero-order valence-corrected chi connectivity index (χ0v) is 14.6. The lowest BCUT2D eigenvalue weighted by atomic mass is 10.1. The van der Waals surface area contributed by atoms with Crippen LogP contribution >= 0.6 is 0 Å². The van der Waals surface area contributed by atoms with Crippen LogP contribution in [0.25, 0.3) is 0 Å². The van der Waals surface area contributed by atoms with E-state index in [1.165, 1.54) is 25.1 Å². The third-order valence-electron chi connectivity index (χ3n) is 3.28. The van der Waals surface area contributed by atoms with Gasteiger partial charge in [-0.1, -0.05) is 11.2 Å². The Labute approximate surface area is 144 Å². The molecule has 10 heteroatoms. The van der Waals surface area contributed by atoms with Crippen LogP contribution in [0, 0.1) is 13.8 Å². The predicted molar refractivity (Wildman–Crippen MR) is 87.3 cm³/mol. The maximum atomic E-state index is 12.2. The van der Waals surface area contributed by atoms with E-state index in [4.69, 9.17) is 14.4 Å². The van der Waals surface area contributed by atoms with Gasteiger partial charge in [0.15, 0.2) is 6.10 Å². The summed E-state index contributed by atoms with van der Waals surface area (Å²) in [7, 11) is -3.97. The van der Waals surface area contributed by atoms with Crippen LogP contribution in [0.4, 0.5) is 5.88 Å². The van der Waals surface area contributed by atoms with Gasteiger partial charge in [-0.25, -0.2) is 18.4 Å². The van der Waals surface area contributed by atoms with Crippen molar-refractivity contribution in [2.24, 2.45) is 5.14 Å². The van der Waals surface area contributed by atoms with Crippen molar-refractivity contribution in [3.8, 4) is 0 Å². The average Bonchev–Trinajstić information content (AvgIpc) is 2.91. The molecule has 0 aliphatic carbocycles. The summed E-state index contributed by atoms with van der Waals surface area (Å²) < 4.78 is 32.7. The van der Waals surface area contributed by atoms with E-state index < -0.39 is 28.0 Å². The van der Waals surface area contributed by atoms with Crippen molar-refractivity contribution in [1.82, 2.24) is 5.16 Å². The maximum Gasteiger partial charge on any atom is 0.339 e.